The molecule has 0 fully saturated rings. The Kier molecular flexibility index (Phi) is 45.6. The quantitative estimate of drug-likeness (QED) is 0.0160. The van der Waals surface area contributed by atoms with Gasteiger partial charge >= 0.3 is 16.5 Å². The number of hydrogen-bond donors (Lipinski definition) is 0. The van der Waals surface area contributed by atoms with Crippen molar-refractivity contribution in [1.82, 2.24) is 0 Å². The summed E-state index contributed by atoms with van der Waals surface area (Å²) in [6, 6.07) is 17.0. The zero-order valence-corrected chi connectivity index (χ0v) is 45.1. The number of benzene rings is 2. The largest absolute Gasteiger partial charge is 2.00 e. The van der Waals surface area contributed by atoms with Gasteiger partial charge in [-0.05, 0) is 81.2 Å². The minimum absolute atomic E-state index is 0. The molecule has 0 saturated heterocycles. The monoisotopic (exact) mass is 955 g/mol. The van der Waals surface area contributed by atoms with Crippen LogP contribution in [0.25, 0.3) is 16.9 Å². The van der Waals surface area contributed by atoms with E-state index in [1.54, 1.807) is 12.2 Å². The maximum absolute atomic E-state index is 11.5. The van der Waals surface area contributed by atoms with Crippen molar-refractivity contribution < 1.29 is 21.2 Å². The minimum atomic E-state index is 0. The van der Waals surface area contributed by atoms with Crippen molar-refractivity contribution in [3.63, 3.8) is 0 Å². The van der Waals surface area contributed by atoms with Gasteiger partial charge in [0.15, 0.2) is 0 Å². The molecule has 1 aliphatic rings. The number of rotatable bonds is 38. The maximum Gasteiger partial charge on any atom is 2.00 e. The predicted molar refractivity (Wildman–Crippen MR) is 294 cm³/mol. The minimum Gasteiger partial charge on any atom is -0.518 e. The Hall–Kier alpha value is -3.21. The molecule has 0 bridgehead atoms. The van der Waals surface area contributed by atoms with Crippen LogP contribution >= 0.6 is 0 Å². The molecule has 2 nitrogen and oxygen atoms in total. The van der Waals surface area contributed by atoms with Crippen LogP contribution in [0.15, 0.2) is 84.5 Å². The summed E-state index contributed by atoms with van der Waals surface area (Å²) in [5.74, 6) is 6.31. The molecule has 1 heterocycles. The molecule has 0 spiro atoms. The summed E-state index contributed by atoms with van der Waals surface area (Å²) in [6.07, 6.45) is 56.4. The first-order chi connectivity index (χ1) is 32.5. The van der Waals surface area contributed by atoms with E-state index in [0.717, 1.165) is 66.6 Å². The fraction of sp³-hybridized carbons (Fsp3) is 0.625. The van der Waals surface area contributed by atoms with E-state index < -0.39 is 0 Å². The smallest absolute Gasteiger partial charge is 0.518 e. The topological polar surface area (TPSA) is 25.3 Å². The van der Waals surface area contributed by atoms with Crippen molar-refractivity contribution in [2.24, 2.45) is 0 Å². The summed E-state index contributed by atoms with van der Waals surface area (Å²) in [4.78, 5) is 0. The Bertz CT molecular complexity index is 1640. The van der Waals surface area contributed by atoms with Crippen molar-refractivity contribution in [3.05, 3.63) is 125 Å². The van der Waals surface area contributed by atoms with E-state index in [0.29, 0.717) is 0 Å². The third kappa shape index (κ3) is 33.1. The van der Waals surface area contributed by atoms with Crippen LogP contribution in [0.5, 0.6) is 0 Å². The molecule has 376 valence electrons. The molecule has 67 heavy (non-hydrogen) atoms. The van der Waals surface area contributed by atoms with Crippen molar-refractivity contribution in [2.45, 2.75) is 259 Å². The van der Waals surface area contributed by atoms with Gasteiger partial charge in [-0.25, -0.2) is 4.70 Å². The second kappa shape index (κ2) is 47.8. The summed E-state index contributed by atoms with van der Waals surface area (Å²) < 4.78 is 1.36. The molecule has 0 aliphatic carbocycles. The number of allylic oxidation sites excluding steroid dienone is 6. The fourth-order valence-electron chi connectivity index (χ4n) is 8.62. The van der Waals surface area contributed by atoms with Crippen LogP contribution in [0.3, 0.4) is 0 Å². The molecule has 0 unspecified atom stereocenters. The van der Waals surface area contributed by atoms with Gasteiger partial charge in [0.05, 0.1) is 5.56 Å². The van der Waals surface area contributed by atoms with E-state index in [1.807, 2.05) is 13.0 Å². The van der Waals surface area contributed by atoms with Gasteiger partial charge in [0.25, 0.3) is 0 Å². The Morgan fingerprint density at radius 3 is 1.43 bits per heavy atom. The van der Waals surface area contributed by atoms with Gasteiger partial charge in [-0.3, -0.25) is 12.2 Å². The molecule has 0 saturated carbocycles. The summed E-state index contributed by atoms with van der Waals surface area (Å²) in [5, 5.41) is 0. The average molecular weight is 956 g/mol. The summed E-state index contributed by atoms with van der Waals surface area (Å²) >= 11 is 0. The van der Waals surface area contributed by atoms with Crippen LogP contribution in [0.2, 0.25) is 0 Å². The summed E-state index contributed by atoms with van der Waals surface area (Å²) in [7, 11) is 0. The number of aryl methyl sites for hydroxylation is 2. The first-order valence-electron chi connectivity index (χ1n) is 27.8. The van der Waals surface area contributed by atoms with E-state index in [2.05, 4.69) is 100 Å². The third-order valence-electron chi connectivity index (χ3n) is 12.7. The Morgan fingerprint density at radius 2 is 0.955 bits per heavy atom. The van der Waals surface area contributed by atoms with E-state index >= 15 is 0 Å². The van der Waals surface area contributed by atoms with E-state index in [4.69, 9.17) is 13.2 Å². The van der Waals surface area contributed by atoms with Gasteiger partial charge in [0.2, 0.25) is 11.4 Å². The van der Waals surface area contributed by atoms with E-state index in [9.17, 15) is 5.53 Å². The van der Waals surface area contributed by atoms with Crippen LogP contribution in [-0.4, -0.2) is 4.70 Å². The molecule has 0 N–H and O–H groups in total. The van der Waals surface area contributed by atoms with Crippen LogP contribution in [-0.2, 0) is 29.3 Å². The predicted octanol–water partition coefficient (Wildman–Crippen LogP) is 21.1. The normalized spacial score (nSPS) is 11.8. The zero-order chi connectivity index (χ0) is 48.0. The zero-order valence-electron chi connectivity index (χ0n) is 44.1. The summed E-state index contributed by atoms with van der Waals surface area (Å²) in [6.45, 7) is 21.5. The molecule has 0 aromatic heterocycles. The Morgan fingerprint density at radius 1 is 0.507 bits per heavy atom. The molecule has 2 aromatic rings. The SMILES string of the molecule is CC#CC1=C(c2ccccc2CCCC=CCCCCCCCCCC)[N+](=[N-])C(c2cccc(CCCC)c2)=C1.[CH-]=CCCCCCCCCCCC.[CH-]=CCCCCCCCCCCC.[Ni+2]. The van der Waals surface area contributed by atoms with Crippen LogP contribution in [0.4, 0.5) is 0 Å². The van der Waals surface area contributed by atoms with Gasteiger partial charge in [-0.2, -0.15) is 0 Å². The molecular formula is C64H100N2Ni. The first-order valence-corrected chi connectivity index (χ1v) is 27.8. The van der Waals surface area contributed by atoms with Crippen molar-refractivity contribution in [3.8, 4) is 11.8 Å². The van der Waals surface area contributed by atoms with Gasteiger partial charge in [-0.1, -0.05) is 256 Å². The van der Waals surface area contributed by atoms with E-state index in [-0.39, 0.29) is 16.5 Å². The molecule has 2 aromatic carbocycles. The molecule has 0 atom stereocenters. The molecule has 0 amide bonds. The van der Waals surface area contributed by atoms with Crippen molar-refractivity contribution >= 4 is 11.4 Å². The number of unbranched alkanes of at least 4 members (excludes halogenated alkanes) is 28. The second-order valence-electron chi connectivity index (χ2n) is 18.8. The Labute approximate surface area is 427 Å². The van der Waals surface area contributed by atoms with Gasteiger partial charge in [0.1, 0.15) is 5.57 Å². The molecule has 0 radical (unpaired) electrons. The van der Waals surface area contributed by atoms with Crippen LogP contribution in [0, 0.1) is 25.0 Å². The van der Waals surface area contributed by atoms with Gasteiger partial charge in [0, 0.05) is 11.6 Å². The van der Waals surface area contributed by atoms with Gasteiger partial charge in [-0.15, -0.1) is 5.92 Å². The number of hydrogen-bond acceptors (Lipinski definition) is 0. The maximum atomic E-state index is 11.5. The van der Waals surface area contributed by atoms with Crippen molar-refractivity contribution in [2.75, 3.05) is 0 Å². The second-order valence-corrected chi connectivity index (χ2v) is 18.8. The molecule has 3 heteroatoms. The Balaban J connectivity index is 0.00000132. The van der Waals surface area contributed by atoms with Crippen LogP contribution in [0.1, 0.15) is 269 Å². The van der Waals surface area contributed by atoms with Gasteiger partial charge < -0.3 is 18.7 Å². The standard InChI is InChI=1S/C38H50N2.2C13H25.Ni/c1-4-7-9-10-11-12-13-14-15-16-17-18-19-26-33-27-20-21-29-36(33)38-35(23-6-3)31-37(40(38)39)34-28-22-25-32(30-34)24-8-5-2;2*1-3-5-7-9-11-13-12-10-8-6-4-2;/h16-17,20-22,25,27-31H,4-5,7-15,18-19,24,26H2,1-3H3;2*1,3H,4-13H2,2H3;/q;2*-1;+2. The first kappa shape index (κ1) is 63.8. The molecule has 1 aliphatic heterocycles. The van der Waals surface area contributed by atoms with Crippen molar-refractivity contribution in [1.29, 1.82) is 0 Å². The molecular weight excluding hydrogens is 855 g/mol. The molecule has 3 rings (SSSR count). The third-order valence-corrected chi connectivity index (χ3v) is 12.7. The summed E-state index contributed by atoms with van der Waals surface area (Å²) in [5.41, 5.74) is 18.6. The van der Waals surface area contributed by atoms with Crippen LogP contribution < -0.4 is 0 Å². The van der Waals surface area contributed by atoms with E-state index in [1.165, 1.54) is 202 Å². The average Bonchev–Trinajstić information content (AvgIpc) is 3.66. The number of nitrogens with zero attached hydrogens (tertiary/aromatic N) is 2. The fourth-order valence-corrected chi connectivity index (χ4v) is 8.62.